The number of allylic oxidation sites excluding steroid dienone is 3. The van der Waals surface area contributed by atoms with Gasteiger partial charge in [0, 0.05) is 6.54 Å². The topological polar surface area (TPSA) is 52.5 Å². The molecule has 0 atom stereocenters. The fourth-order valence-electron chi connectivity index (χ4n) is 1.52. The smallest absolute Gasteiger partial charge is 0.423 e. The quantitative estimate of drug-likeness (QED) is 0.468. The van der Waals surface area contributed by atoms with Gasteiger partial charge in [0.1, 0.15) is 0 Å². The lowest BCUT2D eigenvalue weighted by Gasteiger charge is -2.13. The molecule has 0 fully saturated rings. The van der Waals surface area contributed by atoms with Gasteiger partial charge < -0.3 is 15.4 Å². The van der Waals surface area contributed by atoms with Gasteiger partial charge in [-0.15, -0.1) is 0 Å². The molecule has 0 unspecified atom stereocenters. The minimum absolute atomic E-state index is 0.512. The van der Waals surface area contributed by atoms with Gasteiger partial charge in [-0.3, -0.25) is 0 Å². The Balaban J connectivity index is 0. The van der Waals surface area contributed by atoms with Crippen LogP contribution in [-0.4, -0.2) is 30.3 Å². The Morgan fingerprint density at radius 2 is 1.89 bits per heavy atom. The van der Waals surface area contributed by atoms with Crippen LogP contribution in [0.15, 0.2) is 35.9 Å². The van der Waals surface area contributed by atoms with E-state index in [1.807, 2.05) is 26.8 Å². The summed E-state index contributed by atoms with van der Waals surface area (Å²) in [5.74, 6) is 0.573. The minimum atomic E-state index is -1.45. The highest BCUT2D eigenvalue weighted by molar-refractivity contribution is 6.52. The number of nitrogens with one attached hydrogen (secondary N) is 1. The highest BCUT2D eigenvalue weighted by Gasteiger charge is 2.17. The summed E-state index contributed by atoms with van der Waals surface area (Å²) >= 11 is 0. The zero-order valence-corrected chi connectivity index (χ0v) is 13.1. The Labute approximate surface area is 119 Å². The standard InChI is InChI=1S/C13H24BNO2.C2H6/c1-5-7-12(10-15-9-11(3)4)13(8-6-2)14(16)17;1-2/h6-8,11,15-17H,2,5,9-10H2,1,3-4H3;1-2H3/b12-7-,13-8+;. The molecule has 0 saturated heterocycles. The molecule has 3 nitrogen and oxygen atoms in total. The average Bonchev–Trinajstić information content (AvgIpc) is 2.37. The van der Waals surface area contributed by atoms with Crippen LogP contribution in [0, 0.1) is 5.92 Å². The summed E-state index contributed by atoms with van der Waals surface area (Å²) < 4.78 is 0. The maximum atomic E-state index is 9.32. The van der Waals surface area contributed by atoms with E-state index in [1.165, 1.54) is 0 Å². The maximum Gasteiger partial charge on any atom is 0.488 e. The zero-order chi connectivity index (χ0) is 15.3. The minimum Gasteiger partial charge on any atom is -0.423 e. The summed E-state index contributed by atoms with van der Waals surface area (Å²) in [6.45, 7) is 15.4. The molecule has 0 rings (SSSR count). The average molecular weight is 267 g/mol. The van der Waals surface area contributed by atoms with Gasteiger partial charge in [-0.25, -0.2) is 0 Å². The van der Waals surface area contributed by atoms with Gasteiger partial charge in [-0.1, -0.05) is 59.4 Å². The van der Waals surface area contributed by atoms with Crippen LogP contribution in [0.1, 0.15) is 41.0 Å². The van der Waals surface area contributed by atoms with Gasteiger partial charge in [0.05, 0.1) is 0 Å². The molecule has 0 aromatic rings. The van der Waals surface area contributed by atoms with Gasteiger partial charge in [0.25, 0.3) is 0 Å². The third-order valence-electron chi connectivity index (χ3n) is 2.26. The Bertz CT molecular complexity index is 284. The molecule has 0 aliphatic carbocycles. The first-order valence-corrected chi connectivity index (χ1v) is 7.11. The second-order valence-electron chi connectivity index (χ2n) is 4.39. The van der Waals surface area contributed by atoms with Crippen molar-refractivity contribution in [2.24, 2.45) is 5.92 Å². The molecule has 0 aliphatic heterocycles. The van der Waals surface area contributed by atoms with Crippen LogP contribution in [0.5, 0.6) is 0 Å². The van der Waals surface area contributed by atoms with Crippen molar-refractivity contribution in [2.45, 2.75) is 41.0 Å². The van der Waals surface area contributed by atoms with E-state index >= 15 is 0 Å². The summed E-state index contributed by atoms with van der Waals surface area (Å²) in [7, 11) is -1.45. The predicted molar refractivity (Wildman–Crippen MR) is 85.9 cm³/mol. The van der Waals surface area contributed by atoms with E-state index < -0.39 is 7.12 Å². The van der Waals surface area contributed by atoms with Gasteiger partial charge in [-0.2, -0.15) is 0 Å². The molecule has 3 N–H and O–H groups in total. The molecule has 0 amide bonds. The molecule has 19 heavy (non-hydrogen) atoms. The summed E-state index contributed by atoms with van der Waals surface area (Å²) in [6, 6.07) is 0. The van der Waals surface area contributed by atoms with E-state index in [9.17, 15) is 10.0 Å². The molecule has 0 aliphatic rings. The van der Waals surface area contributed by atoms with Gasteiger partial charge >= 0.3 is 7.12 Å². The number of hydrogen-bond donors (Lipinski definition) is 3. The van der Waals surface area contributed by atoms with Gasteiger partial charge in [0.15, 0.2) is 0 Å². The van der Waals surface area contributed by atoms with Crippen molar-refractivity contribution in [1.82, 2.24) is 5.32 Å². The van der Waals surface area contributed by atoms with Crippen molar-refractivity contribution in [2.75, 3.05) is 13.1 Å². The predicted octanol–water partition coefficient (Wildman–Crippen LogP) is 2.72. The molecule has 4 heteroatoms. The first-order valence-electron chi connectivity index (χ1n) is 7.11. The van der Waals surface area contributed by atoms with E-state index in [2.05, 4.69) is 25.7 Å². The van der Waals surface area contributed by atoms with Crippen LogP contribution in [0.3, 0.4) is 0 Å². The van der Waals surface area contributed by atoms with Crippen LogP contribution >= 0.6 is 0 Å². The molecule has 0 saturated carbocycles. The van der Waals surface area contributed by atoms with Crippen molar-refractivity contribution in [3.05, 3.63) is 35.9 Å². The summed E-state index contributed by atoms with van der Waals surface area (Å²) in [4.78, 5) is 0. The van der Waals surface area contributed by atoms with Crippen LogP contribution in [0.25, 0.3) is 0 Å². The Kier molecular flexibility index (Phi) is 14.7. The van der Waals surface area contributed by atoms with Crippen molar-refractivity contribution in [1.29, 1.82) is 0 Å². The number of hydrogen-bond acceptors (Lipinski definition) is 3. The van der Waals surface area contributed by atoms with Crippen LogP contribution in [-0.2, 0) is 0 Å². The molecule has 0 radical (unpaired) electrons. The molecule has 110 valence electrons. The lowest BCUT2D eigenvalue weighted by Crippen LogP contribution is -2.26. The Morgan fingerprint density at radius 3 is 2.26 bits per heavy atom. The lowest BCUT2D eigenvalue weighted by atomic mass is 9.74. The third-order valence-corrected chi connectivity index (χ3v) is 2.26. The summed E-state index contributed by atoms with van der Waals surface area (Å²) in [6.07, 6.45) is 6.08. The SMILES string of the molecule is C=C/C=C(B(O)O)\C(=C/CC)CNCC(C)C.CC. The lowest BCUT2D eigenvalue weighted by molar-refractivity contribution is 0.419. The Hall–Kier alpha value is -0.835. The highest BCUT2D eigenvalue weighted by Crippen LogP contribution is 2.12. The molecular weight excluding hydrogens is 237 g/mol. The highest BCUT2D eigenvalue weighted by atomic mass is 16.4. The van der Waals surface area contributed by atoms with E-state index in [1.54, 1.807) is 12.2 Å². The van der Waals surface area contributed by atoms with E-state index in [0.717, 1.165) is 18.5 Å². The maximum absolute atomic E-state index is 9.32. The molecular formula is C15H30BNO2. The van der Waals surface area contributed by atoms with Gasteiger partial charge in [-0.05, 0) is 29.9 Å². The zero-order valence-electron chi connectivity index (χ0n) is 13.1. The fraction of sp³-hybridized carbons (Fsp3) is 0.600. The van der Waals surface area contributed by atoms with E-state index in [0.29, 0.717) is 17.9 Å². The third kappa shape index (κ3) is 10.7. The van der Waals surface area contributed by atoms with Crippen LogP contribution in [0.4, 0.5) is 0 Å². The second-order valence-corrected chi connectivity index (χ2v) is 4.39. The van der Waals surface area contributed by atoms with E-state index in [-0.39, 0.29) is 0 Å². The monoisotopic (exact) mass is 267 g/mol. The van der Waals surface area contributed by atoms with Crippen molar-refractivity contribution >= 4 is 7.12 Å². The van der Waals surface area contributed by atoms with Crippen LogP contribution < -0.4 is 5.32 Å². The Morgan fingerprint density at radius 1 is 1.32 bits per heavy atom. The summed E-state index contributed by atoms with van der Waals surface area (Å²) in [5, 5.41) is 21.9. The molecule has 0 heterocycles. The molecule has 0 bridgehead atoms. The van der Waals surface area contributed by atoms with Crippen LogP contribution in [0.2, 0.25) is 0 Å². The molecule has 0 aromatic heterocycles. The van der Waals surface area contributed by atoms with Crippen molar-refractivity contribution < 1.29 is 10.0 Å². The molecule has 0 aromatic carbocycles. The van der Waals surface area contributed by atoms with Crippen molar-refractivity contribution in [3.63, 3.8) is 0 Å². The fourth-order valence-corrected chi connectivity index (χ4v) is 1.52. The van der Waals surface area contributed by atoms with Gasteiger partial charge in [0.2, 0.25) is 0 Å². The summed E-state index contributed by atoms with van der Waals surface area (Å²) in [5.41, 5.74) is 1.43. The largest absolute Gasteiger partial charge is 0.488 e. The normalized spacial score (nSPS) is 12.0. The van der Waals surface area contributed by atoms with Crippen molar-refractivity contribution in [3.8, 4) is 0 Å². The molecule has 0 spiro atoms. The first kappa shape index (κ1) is 20.5. The number of rotatable bonds is 8. The van der Waals surface area contributed by atoms with E-state index in [4.69, 9.17) is 0 Å². The first-order chi connectivity index (χ1) is 9.02. The second kappa shape index (κ2) is 13.6.